The van der Waals surface area contributed by atoms with E-state index in [1.165, 1.54) is 0 Å². The zero-order chi connectivity index (χ0) is 14.0. The number of carboxylic acid groups (broad SMARTS) is 1. The second-order valence-electron chi connectivity index (χ2n) is 5.74. The summed E-state index contributed by atoms with van der Waals surface area (Å²) in [4.78, 5) is 23.6. The molecule has 1 aromatic heterocycles. The molecule has 2 N–H and O–H groups in total. The summed E-state index contributed by atoms with van der Waals surface area (Å²) >= 11 is 1.13. The van der Waals surface area contributed by atoms with Gasteiger partial charge in [-0.3, -0.25) is 4.79 Å². The third-order valence-corrected chi connectivity index (χ3v) is 4.84. The molecule has 1 fully saturated rings. The Morgan fingerprint density at radius 3 is 2.79 bits per heavy atom. The van der Waals surface area contributed by atoms with E-state index < -0.39 is 5.97 Å². The Morgan fingerprint density at radius 1 is 1.42 bits per heavy atom. The lowest BCUT2D eigenvalue weighted by atomic mass is 9.68. The van der Waals surface area contributed by atoms with Gasteiger partial charge in [0, 0.05) is 5.92 Å². The molecule has 1 saturated carbocycles. The summed E-state index contributed by atoms with van der Waals surface area (Å²) in [5, 5.41) is 13.5. The minimum Gasteiger partial charge on any atom is -0.477 e. The van der Waals surface area contributed by atoms with Gasteiger partial charge in [-0.05, 0) is 29.7 Å². The van der Waals surface area contributed by atoms with Crippen LogP contribution in [-0.2, 0) is 4.79 Å². The second kappa shape index (κ2) is 5.33. The lowest BCUT2D eigenvalue weighted by Gasteiger charge is -2.37. The van der Waals surface area contributed by atoms with E-state index in [9.17, 15) is 9.59 Å². The van der Waals surface area contributed by atoms with Crippen molar-refractivity contribution < 1.29 is 14.7 Å². The van der Waals surface area contributed by atoms with Crippen LogP contribution in [0.2, 0.25) is 0 Å². The van der Waals surface area contributed by atoms with Crippen LogP contribution in [0, 0.1) is 11.3 Å². The lowest BCUT2D eigenvalue weighted by Crippen LogP contribution is -2.37. The van der Waals surface area contributed by atoms with Crippen molar-refractivity contribution in [2.24, 2.45) is 11.3 Å². The summed E-state index contributed by atoms with van der Waals surface area (Å²) in [5.41, 5.74) is 0.408. The Bertz CT molecular complexity index is 493. The number of thiophene rings is 1. The van der Waals surface area contributed by atoms with Gasteiger partial charge in [-0.25, -0.2) is 4.79 Å². The summed E-state index contributed by atoms with van der Waals surface area (Å²) in [6, 6.07) is 1.65. The SMILES string of the molecule is CC1(C)CCCCC1C(=O)Nc1ccsc1C(=O)O. The molecular formula is C14H19NO3S. The highest BCUT2D eigenvalue weighted by Crippen LogP contribution is 2.41. The normalized spacial score (nSPS) is 21.9. The molecule has 4 nitrogen and oxygen atoms in total. The Labute approximate surface area is 116 Å². The number of hydrogen-bond donors (Lipinski definition) is 2. The Kier molecular flexibility index (Phi) is 3.94. The molecule has 2 rings (SSSR count). The maximum atomic E-state index is 12.4. The van der Waals surface area contributed by atoms with Crippen LogP contribution in [0.4, 0.5) is 5.69 Å². The number of hydrogen-bond acceptors (Lipinski definition) is 3. The molecular weight excluding hydrogens is 262 g/mol. The van der Waals surface area contributed by atoms with E-state index in [0.717, 1.165) is 37.0 Å². The second-order valence-corrected chi connectivity index (χ2v) is 6.66. The molecule has 0 aliphatic heterocycles. The summed E-state index contributed by atoms with van der Waals surface area (Å²) in [6.45, 7) is 4.23. The Balaban J connectivity index is 2.12. The summed E-state index contributed by atoms with van der Waals surface area (Å²) in [5.74, 6) is -1.08. The molecule has 0 radical (unpaired) electrons. The van der Waals surface area contributed by atoms with Gasteiger partial charge in [0.2, 0.25) is 5.91 Å². The van der Waals surface area contributed by atoms with Crippen LogP contribution >= 0.6 is 11.3 Å². The van der Waals surface area contributed by atoms with E-state index in [4.69, 9.17) is 5.11 Å². The van der Waals surface area contributed by atoms with E-state index in [-0.39, 0.29) is 22.1 Å². The minimum atomic E-state index is -0.992. The van der Waals surface area contributed by atoms with Gasteiger partial charge < -0.3 is 10.4 Å². The Morgan fingerprint density at radius 2 is 2.16 bits per heavy atom. The molecule has 0 saturated heterocycles. The standard InChI is InChI=1S/C14H19NO3S/c1-14(2)7-4-3-5-9(14)12(16)15-10-6-8-19-11(10)13(17)18/h6,8-9H,3-5,7H2,1-2H3,(H,15,16)(H,17,18). The number of aromatic carboxylic acids is 1. The maximum absolute atomic E-state index is 12.4. The van der Waals surface area contributed by atoms with Crippen molar-refractivity contribution in [3.63, 3.8) is 0 Å². The van der Waals surface area contributed by atoms with E-state index in [1.807, 2.05) is 0 Å². The van der Waals surface area contributed by atoms with E-state index in [0.29, 0.717) is 5.69 Å². The Hall–Kier alpha value is -1.36. The first-order chi connectivity index (χ1) is 8.92. The fraction of sp³-hybridized carbons (Fsp3) is 0.571. The van der Waals surface area contributed by atoms with Gasteiger partial charge in [0.1, 0.15) is 4.88 Å². The lowest BCUT2D eigenvalue weighted by molar-refractivity contribution is -0.124. The van der Waals surface area contributed by atoms with Crippen molar-refractivity contribution in [2.75, 3.05) is 5.32 Å². The molecule has 1 unspecified atom stereocenters. The number of carboxylic acids is 1. The number of carbonyl (C=O) groups excluding carboxylic acids is 1. The van der Waals surface area contributed by atoms with Crippen molar-refractivity contribution in [3.8, 4) is 0 Å². The van der Waals surface area contributed by atoms with Crippen molar-refractivity contribution in [1.82, 2.24) is 0 Å². The van der Waals surface area contributed by atoms with Gasteiger partial charge in [-0.15, -0.1) is 11.3 Å². The van der Waals surface area contributed by atoms with Gasteiger partial charge in [-0.1, -0.05) is 26.7 Å². The minimum absolute atomic E-state index is 0.0122. The van der Waals surface area contributed by atoms with Crippen LogP contribution in [0.5, 0.6) is 0 Å². The first kappa shape index (κ1) is 14.1. The molecule has 104 valence electrons. The van der Waals surface area contributed by atoms with Crippen molar-refractivity contribution in [3.05, 3.63) is 16.3 Å². The van der Waals surface area contributed by atoms with Crippen molar-refractivity contribution in [1.29, 1.82) is 0 Å². The molecule has 0 aromatic carbocycles. The fourth-order valence-corrected chi connectivity index (χ4v) is 3.46. The average molecular weight is 281 g/mol. The van der Waals surface area contributed by atoms with Crippen molar-refractivity contribution >= 4 is 28.9 Å². The predicted octanol–water partition coefficient (Wildman–Crippen LogP) is 3.60. The largest absolute Gasteiger partial charge is 0.477 e. The van der Waals surface area contributed by atoms with E-state index in [2.05, 4.69) is 19.2 Å². The molecule has 1 aliphatic carbocycles. The topological polar surface area (TPSA) is 66.4 Å². The van der Waals surface area contributed by atoms with E-state index >= 15 is 0 Å². The van der Waals surface area contributed by atoms with Crippen LogP contribution < -0.4 is 5.32 Å². The number of nitrogens with one attached hydrogen (secondary N) is 1. The highest BCUT2D eigenvalue weighted by atomic mass is 32.1. The fourth-order valence-electron chi connectivity index (χ4n) is 2.77. The van der Waals surface area contributed by atoms with Crippen molar-refractivity contribution in [2.45, 2.75) is 39.5 Å². The highest BCUT2D eigenvalue weighted by molar-refractivity contribution is 7.12. The predicted molar refractivity (Wildman–Crippen MR) is 75.6 cm³/mol. The maximum Gasteiger partial charge on any atom is 0.348 e. The summed E-state index contributed by atoms with van der Waals surface area (Å²) in [6.07, 6.45) is 4.15. The zero-order valence-electron chi connectivity index (χ0n) is 11.2. The number of rotatable bonds is 3. The third kappa shape index (κ3) is 2.97. The molecule has 1 atom stereocenters. The number of anilines is 1. The van der Waals surface area contributed by atoms with Crippen LogP contribution in [0.3, 0.4) is 0 Å². The average Bonchev–Trinajstić information content (AvgIpc) is 2.76. The molecule has 5 heteroatoms. The molecule has 1 aromatic rings. The summed E-state index contributed by atoms with van der Waals surface area (Å²) in [7, 11) is 0. The van der Waals surface area contributed by atoms with Gasteiger partial charge >= 0.3 is 5.97 Å². The quantitative estimate of drug-likeness (QED) is 0.889. The highest BCUT2D eigenvalue weighted by Gasteiger charge is 2.37. The summed E-state index contributed by atoms with van der Waals surface area (Å²) < 4.78 is 0. The van der Waals surface area contributed by atoms with Crippen LogP contribution in [0.1, 0.15) is 49.2 Å². The first-order valence-electron chi connectivity index (χ1n) is 6.53. The molecule has 1 aliphatic rings. The first-order valence-corrected chi connectivity index (χ1v) is 7.41. The molecule has 0 bridgehead atoms. The smallest absolute Gasteiger partial charge is 0.348 e. The number of carbonyl (C=O) groups is 2. The van der Waals surface area contributed by atoms with Gasteiger partial charge in [0.25, 0.3) is 0 Å². The van der Waals surface area contributed by atoms with Crippen LogP contribution in [0.15, 0.2) is 11.4 Å². The zero-order valence-corrected chi connectivity index (χ0v) is 12.0. The van der Waals surface area contributed by atoms with Gasteiger partial charge in [0.05, 0.1) is 5.69 Å². The molecule has 19 heavy (non-hydrogen) atoms. The molecule has 1 amide bonds. The molecule has 1 heterocycles. The molecule has 0 spiro atoms. The van der Waals surface area contributed by atoms with E-state index in [1.54, 1.807) is 11.4 Å². The van der Waals surface area contributed by atoms with Gasteiger partial charge in [-0.2, -0.15) is 0 Å². The monoisotopic (exact) mass is 281 g/mol. The van der Waals surface area contributed by atoms with Crippen LogP contribution in [-0.4, -0.2) is 17.0 Å². The number of amides is 1. The van der Waals surface area contributed by atoms with Crippen LogP contribution in [0.25, 0.3) is 0 Å². The third-order valence-electron chi connectivity index (χ3n) is 3.94. The van der Waals surface area contributed by atoms with Gasteiger partial charge in [0.15, 0.2) is 0 Å².